The molecule has 2 saturated heterocycles. The Kier molecular flexibility index (Phi) is 5.13. The summed E-state index contributed by atoms with van der Waals surface area (Å²) < 4.78 is 0. The third-order valence-corrected chi connectivity index (χ3v) is 6.29. The van der Waals surface area contributed by atoms with Gasteiger partial charge in [0, 0.05) is 64.6 Å². The van der Waals surface area contributed by atoms with Gasteiger partial charge in [-0.1, -0.05) is 30.3 Å². The van der Waals surface area contributed by atoms with E-state index in [1.807, 2.05) is 50.2 Å². The summed E-state index contributed by atoms with van der Waals surface area (Å²) in [5.74, 6) is 0.240. The van der Waals surface area contributed by atoms with Crippen molar-refractivity contribution in [1.82, 2.24) is 19.7 Å². The number of amides is 2. The molecule has 2 fully saturated rings. The molecule has 4 rings (SSSR count). The van der Waals surface area contributed by atoms with Gasteiger partial charge in [0.25, 0.3) is 5.91 Å². The molecule has 29 heavy (non-hydrogen) atoms. The molecule has 0 saturated carbocycles. The summed E-state index contributed by atoms with van der Waals surface area (Å²) in [5.41, 5.74) is 2.07. The third kappa shape index (κ3) is 3.53. The van der Waals surface area contributed by atoms with Gasteiger partial charge in [-0.2, -0.15) is 0 Å². The lowest BCUT2D eigenvalue weighted by Gasteiger charge is -2.31. The standard InChI is InChI=1S/C23H28N4O2/c1-17-20(10-7-11-24-17)21(28)27-14-19-13-26(12-18-8-5-4-6-9-18)15-23(19,16-27)22(29)25(2)3/h4-11,19H,12-16H2,1-3H3. The predicted molar refractivity (Wildman–Crippen MR) is 111 cm³/mol. The van der Waals surface area contributed by atoms with Crippen molar-refractivity contribution < 1.29 is 9.59 Å². The van der Waals surface area contributed by atoms with Crippen molar-refractivity contribution in [2.24, 2.45) is 11.3 Å². The van der Waals surface area contributed by atoms with Gasteiger partial charge >= 0.3 is 0 Å². The second-order valence-electron chi connectivity index (χ2n) is 8.53. The second kappa shape index (κ2) is 7.59. The maximum Gasteiger partial charge on any atom is 0.255 e. The zero-order valence-electron chi connectivity index (χ0n) is 17.3. The molecule has 2 unspecified atom stereocenters. The smallest absolute Gasteiger partial charge is 0.255 e. The predicted octanol–water partition coefficient (Wildman–Crippen LogP) is 2.05. The van der Waals surface area contributed by atoms with E-state index in [2.05, 4.69) is 22.0 Å². The van der Waals surface area contributed by atoms with Gasteiger partial charge in [-0.3, -0.25) is 19.5 Å². The molecule has 2 aromatic rings. The number of carbonyl (C=O) groups excluding carboxylic acids is 2. The van der Waals surface area contributed by atoms with Crippen LogP contribution in [0, 0.1) is 18.3 Å². The van der Waals surface area contributed by atoms with Crippen LogP contribution >= 0.6 is 0 Å². The number of aromatic nitrogens is 1. The van der Waals surface area contributed by atoms with E-state index in [4.69, 9.17) is 0 Å². The number of nitrogens with zero attached hydrogens (tertiary/aromatic N) is 4. The molecule has 6 heteroatoms. The number of hydrogen-bond acceptors (Lipinski definition) is 4. The first-order valence-electron chi connectivity index (χ1n) is 10.1. The van der Waals surface area contributed by atoms with Gasteiger partial charge in [-0.15, -0.1) is 0 Å². The molecule has 2 amide bonds. The molecule has 2 aliphatic heterocycles. The topological polar surface area (TPSA) is 56.8 Å². The van der Waals surface area contributed by atoms with Crippen molar-refractivity contribution in [2.75, 3.05) is 40.3 Å². The Morgan fingerprint density at radius 2 is 1.86 bits per heavy atom. The van der Waals surface area contributed by atoms with E-state index in [-0.39, 0.29) is 17.7 Å². The highest BCUT2D eigenvalue weighted by atomic mass is 16.2. The van der Waals surface area contributed by atoms with Gasteiger partial charge in [0.15, 0.2) is 0 Å². The normalized spacial score (nSPS) is 23.8. The van der Waals surface area contributed by atoms with Crippen LogP contribution in [0.3, 0.4) is 0 Å². The van der Waals surface area contributed by atoms with E-state index < -0.39 is 5.41 Å². The van der Waals surface area contributed by atoms with Crippen LogP contribution in [0.15, 0.2) is 48.7 Å². The fraction of sp³-hybridized carbons (Fsp3) is 0.435. The van der Waals surface area contributed by atoms with Gasteiger partial charge in [0.05, 0.1) is 11.0 Å². The summed E-state index contributed by atoms with van der Waals surface area (Å²) in [6, 6.07) is 14.0. The van der Waals surface area contributed by atoms with E-state index >= 15 is 0 Å². The molecule has 0 aliphatic carbocycles. The minimum Gasteiger partial charge on any atom is -0.348 e. The Morgan fingerprint density at radius 3 is 2.55 bits per heavy atom. The van der Waals surface area contributed by atoms with Gasteiger partial charge < -0.3 is 9.80 Å². The van der Waals surface area contributed by atoms with Crippen LogP contribution < -0.4 is 0 Å². The molecule has 1 aromatic heterocycles. The molecule has 1 aromatic carbocycles. The van der Waals surface area contributed by atoms with Gasteiger partial charge in [0.1, 0.15) is 0 Å². The van der Waals surface area contributed by atoms with Crippen LogP contribution in [0.4, 0.5) is 0 Å². The summed E-state index contributed by atoms with van der Waals surface area (Å²) in [5, 5.41) is 0. The van der Waals surface area contributed by atoms with E-state index in [1.54, 1.807) is 17.2 Å². The van der Waals surface area contributed by atoms with E-state index in [1.165, 1.54) is 5.56 Å². The fourth-order valence-corrected chi connectivity index (χ4v) is 4.91. The van der Waals surface area contributed by atoms with Gasteiger partial charge in [0.2, 0.25) is 5.91 Å². The molecule has 2 atom stereocenters. The average Bonchev–Trinajstić information content (AvgIpc) is 3.22. The maximum absolute atomic E-state index is 13.3. The highest BCUT2D eigenvalue weighted by Gasteiger charge is 2.58. The monoisotopic (exact) mass is 392 g/mol. The highest BCUT2D eigenvalue weighted by Crippen LogP contribution is 2.44. The Bertz CT molecular complexity index is 914. The molecular formula is C23H28N4O2. The van der Waals surface area contributed by atoms with Crippen molar-refractivity contribution in [3.63, 3.8) is 0 Å². The van der Waals surface area contributed by atoms with Crippen molar-refractivity contribution in [1.29, 1.82) is 0 Å². The molecule has 0 spiro atoms. The lowest BCUT2D eigenvalue weighted by atomic mass is 9.80. The molecule has 3 heterocycles. The first-order valence-corrected chi connectivity index (χ1v) is 10.1. The number of fused-ring (bicyclic) bond motifs is 1. The second-order valence-corrected chi connectivity index (χ2v) is 8.53. The van der Waals surface area contributed by atoms with Crippen LogP contribution in [0.5, 0.6) is 0 Å². The minimum absolute atomic E-state index is 0.0226. The lowest BCUT2D eigenvalue weighted by molar-refractivity contribution is -0.139. The number of rotatable bonds is 4. The summed E-state index contributed by atoms with van der Waals surface area (Å²) >= 11 is 0. The number of likely N-dealkylation sites (tertiary alicyclic amines) is 2. The lowest BCUT2D eigenvalue weighted by Crippen LogP contribution is -2.47. The van der Waals surface area contributed by atoms with Gasteiger partial charge in [-0.05, 0) is 24.6 Å². The fourth-order valence-electron chi connectivity index (χ4n) is 4.91. The third-order valence-electron chi connectivity index (χ3n) is 6.29. The SMILES string of the molecule is Cc1ncccc1C(=O)N1CC2CN(Cc3ccccc3)CC2(C(=O)N(C)C)C1. The van der Waals surface area contributed by atoms with Crippen molar-refractivity contribution in [3.05, 3.63) is 65.5 Å². The summed E-state index contributed by atoms with van der Waals surface area (Å²) in [6.45, 7) is 5.26. The summed E-state index contributed by atoms with van der Waals surface area (Å²) in [6.07, 6.45) is 1.70. The van der Waals surface area contributed by atoms with Crippen LogP contribution in [-0.4, -0.2) is 71.8 Å². The molecule has 2 aliphatic rings. The zero-order valence-corrected chi connectivity index (χ0v) is 17.3. The molecule has 0 bridgehead atoms. The minimum atomic E-state index is -0.538. The summed E-state index contributed by atoms with van der Waals surface area (Å²) in [7, 11) is 3.62. The maximum atomic E-state index is 13.3. The quantitative estimate of drug-likeness (QED) is 0.799. The van der Waals surface area contributed by atoms with E-state index in [9.17, 15) is 9.59 Å². The summed E-state index contributed by atoms with van der Waals surface area (Å²) in [4.78, 5) is 36.6. The Balaban J connectivity index is 1.57. The van der Waals surface area contributed by atoms with E-state index in [0.717, 1.165) is 18.8 Å². The number of carbonyl (C=O) groups is 2. The first kappa shape index (κ1) is 19.6. The van der Waals surface area contributed by atoms with Crippen LogP contribution in [0.25, 0.3) is 0 Å². The molecule has 0 N–H and O–H groups in total. The van der Waals surface area contributed by atoms with Crippen LogP contribution in [0.1, 0.15) is 21.6 Å². The number of pyridine rings is 1. The Hall–Kier alpha value is -2.73. The number of benzene rings is 1. The molecule has 0 radical (unpaired) electrons. The van der Waals surface area contributed by atoms with E-state index in [0.29, 0.717) is 25.2 Å². The van der Waals surface area contributed by atoms with Crippen molar-refractivity contribution in [2.45, 2.75) is 13.5 Å². The highest BCUT2D eigenvalue weighted by molar-refractivity contribution is 5.96. The van der Waals surface area contributed by atoms with Gasteiger partial charge in [-0.25, -0.2) is 0 Å². The Labute approximate surface area is 172 Å². The number of hydrogen-bond donors (Lipinski definition) is 0. The molecule has 152 valence electrons. The van der Waals surface area contributed by atoms with Crippen LogP contribution in [-0.2, 0) is 11.3 Å². The van der Waals surface area contributed by atoms with Crippen LogP contribution in [0.2, 0.25) is 0 Å². The molecular weight excluding hydrogens is 364 g/mol. The average molecular weight is 393 g/mol. The number of aryl methyl sites for hydroxylation is 1. The Morgan fingerprint density at radius 1 is 1.10 bits per heavy atom. The first-order chi connectivity index (χ1) is 13.9. The van der Waals surface area contributed by atoms with Crippen molar-refractivity contribution >= 4 is 11.8 Å². The molecule has 6 nitrogen and oxygen atoms in total. The largest absolute Gasteiger partial charge is 0.348 e. The zero-order chi connectivity index (χ0) is 20.6. The van der Waals surface area contributed by atoms with Crippen molar-refractivity contribution in [3.8, 4) is 0 Å².